The molecule has 0 aromatic heterocycles. The molecule has 0 aliphatic heterocycles. The minimum absolute atomic E-state index is 0.683. The molecule has 0 aliphatic carbocycles. The second-order valence-corrected chi connectivity index (χ2v) is 4.09. The van der Waals surface area contributed by atoms with Gasteiger partial charge in [-0.05, 0) is 0 Å². The van der Waals surface area contributed by atoms with Gasteiger partial charge >= 0.3 is 41.9 Å². The van der Waals surface area contributed by atoms with Crippen molar-refractivity contribution >= 4 is 0 Å². The lowest BCUT2D eigenvalue weighted by Crippen LogP contribution is -2.73. The molecule has 24 heavy (non-hydrogen) atoms. The first-order chi connectivity index (χ1) is 10.1. The van der Waals surface area contributed by atoms with Gasteiger partial charge < -0.3 is 4.74 Å². The van der Waals surface area contributed by atoms with Crippen molar-refractivity contribution in [3.63, 3.8) is 0 Å². The summed E-state index contributed by atoms with van der Waals surface area (Å²) in [7, 11) is -0.683. The first-order valence-corrected chi connectivity index (χ1v) is 4.95. The van der Waals surface area contributed by atoms with Crippen molar-refractivity contribution in [3.8, 4) is 0 Å². The van der Waals surface area contributed by atoms with Crippen molar-refractivity contribution in [2.45, 2.75) is 41.9 Å². The van der Waals surface area contributed by atoms with Gasteiger partial charge in [-0.25, -0.2) is 0 Å². The molecule has 0 N–H and O–H groups in total. The van der Waals surface area contributed by atoms with Gasteiger partial charge in [0.2, 0.25) is 0 Å². The normalized spacial score (nSPS) is 18.5. The summed E-state index contributed by atoms with van der Waals surface area (Å²) in [6.45, 7) is 0. The van der Waals surface area contributed by atoms with Crippen molar-refractivity contribution in [3.05, 3.63) is 0 Å². The highest BCUT2D eigenvalue weighted by molar-refractivity contribution is 5.11. The van der Waals surface area contributed by atoms with Gasteiger partial charge in [-0.1, -0.05) is 0 Å². The fraction of sp³-hybridized carbons (Fsp3) is 1.00. The number of hydrogen-bond acceptors (Lipinski definition) is 1. The van der Waals surface area contributed by atoms with Crippen LogP contribution in [0, 0.1) is 0 Å². The Balaban J connectivity index is 6.51. The molecule has 0 rings (SSSR count). The number of rotatable bonds is 5. The lowest BCUT2D eigenvalue weighted by molar-refractivity contribution is -0.475. The van der Waals surface area contributed by atoms with E-state index in [-0.39, 0.29) is 0 Å². The Kier molecular flexibility index (Phi) is 5.21. The van der Waals surface area contributed by atoms with Crippen LogP contribution in [0.15, 0.2) is 0 Å². The van der Waals surface area contributed by atoms with Crippen LogP contribution < -0.4 is 0 Å². The predicted molar refractivity (Wildman–Crippen MR) is 42.7 cm³/mol. The first-order valence-electron chi connectivity index (χ1n) is 4.95. The Morgan fingerprint density at radius 1 is 0.417 bits per heavy atom. The molecular formula is C8H3F15O. The molecular weight excluding hydrogens is 397 g/mol. The van der Waals surface area contributed by atoms with Crippen molar-refractivity contribution in [2.24, 2.45) is 0 Å². The van der Waals surface area contributed by atoms with Crippen molar-refractivity contribution in [1.29, 1.82) is 0 Å². The van der Waals surface area contributed by atoms with Crippen LogP contribution in [0.2, 0.25) is 0 Å². The molecule has 0 saturated carbocycles. The number of halogens is 15. The number of methoxy groups -OCH3 is 1. The quantitative estimate of drug-likeness (QED) is 0.593. The summed E-state index contributed by atoms with van der Waals surface area (Å²) < 4.78 is 189. The van der Waals surface area contributed by atoms with Gasteiger partial charge in [-0.3, -0.25) is 0 Å². The lowest BCUT2D eigenvalue weighted by Gasteiger charge is -2.42. The fourth-order valence-electron chi connectivity index (χ4n) is 1.20. The van der Waals surface area contributed by atoms with Crippen LogP contribution in [-0.4, -0.2) is 49.0 Å². The minimum atomic E-state index is -8.18. The zero-order valence-corrected chi connectivity index (χ0v) is 10.6. The summed E-state index contributed by atoms with van der Waals surface area (Å²) >= 11 is 0. The van der Waals surface area contributed by atoms with E-state index in [2.05, 4.69) is 4.74 Å². The smallest absolute Gasteiger partial charge is 0.337 e. The largest absolute Gasteiger partial charge is 0.460 e. The molecule has 0 radical (unpaired) electrons. The summed E-state index contributed by atoms with van der Waals surface area (Å²) in [5.74, 6) is -39.2. The summed E-state index contributed by atoms with van der Waals surface area (Å²) in [4.78, 5) is 0. The fourth-order valence-corrected chi connectivity index (χ4v) is 1.20. The summed E-state index contributed by atoms with van der Waals surface area (Å²) in [5, 5.41) is 0. The standard InChI is InChI=1S/C8H3F15O/c1-24-6(17,8(21,22)23)4(13,14)2(9,10)3(11,12)5(15,16)7(18,19)20/h1H3. The molecule has 0 spiro atoms. The Labute approximate surface area is 121 Å². The van der Waals surface area contributed by atoms with E-state index in [4.69, 9.17) is 0 Å². The Morgan fingerprint density at radius 3 is 0.917 bits per heavy atom. The molecule has 0 aliphatic rings. The maximum absolute atomic E-state index is 13.1. The molecule has 0 bridgehead atoms. The monoisotopic (exact) mass is 400 g/mol. The molecule has 0 amide bonds. The zero-order valence-electron chi connectivity index (χ0n) is 10.6. The summed E-state index contributed by atoms with van der Waals surface area (Å²) in [5.41, 5.74) is 0. The highest BCUT2D eigenvalue weighted by Crippen LogP contribution is 2.62. The van der Waals surface area contributed by atoms with E-state index in [1.807, 2.05) is 0 Å². The van der Waals surface area contributed by atoms with E-state index in [9.17, 15) is 65.9 Å². The first kappa shape index (κ1) is 22.9. The molecule has 0 aromatic rings. The minimum Gasteiger partial charge on any atom is -0.337 e. The Hall–Kier alpha value is -1.09. The average molecular weight is 400 g/mol. The second-order valence-electron chi connectivity index (χ2n) is 4.09. The van der Waals surface area contributed by atoms with Gasteiger partial charge in [0.15, 0.2) is 0 Å². The Bertz CT molecular complexity index is 459. The zero-order chi connectivity index (χ0) is 20.2. The van der Waals surface area contributed by atoms with E-state index >= 15 is 0 Å². The molecule has 146 valence electrons. The second kappa shape index (κ2) is 5.45. The third-order valence-corrected chi connectivity index (χ3v) is 2.59. The van der Waals surface area contributed by atoms with Crippen LogP contribution in [-0.2, 0) is 4.74 Å². The molecule has 0 heterocycles. The topological polar surface area (TPSA) is 9.23 Å². The van der Waals surface area contributed by atoms with E-state index in [1.54, 1.807) is 0 Å². The van der Waals surface area contributed by atoms with E-state index < -0.39 is 49.0 Å². The van der Waals surface area contributed by atoms with E-state index in [0.29, 0.717) is 0 Å². The highest BCUT2D eigenvalue weighted by atomic mass is 19.4. The van der Waals surface area contributed by atoms with Crippen molar-refractivity contribution < 1.29 is 70.6 Å². The molecule has 16 heteroatoms. The molecule has 1 nitrogen and oxygen atoms in total. The SMILES string of the molecule is COC(F)(C(F)(F)F)C(F)(F)C(F)(F)C(F)(F)C(F)(F)C(F)(F)F. The van der Waals surface area contributed by atoms with Gasteiger partial charge in [-0.2, -0.15) is 65.9 Å². The molecule has 0 aromatic carbocycles. The number of hydrogen-bond donors (Lipinski definition) is 0. The van der Waals surface area contributed by atoms with Crippen molar-refractivity contribution in [1.82, 2.24) is 0 Å². The van der Waals surface area contributed by atoms with Gasteiger partial charge in [0.05, 0.1) is 0 Å². The van der Waals surface area contributed by atoms with Crippen molar-refractivity contribution in [2.75, 3.05) is 7.11 Å². The maximum Gasteiger partial charge on any atom is 0.460 e. The van der Waals surface area contributed by atoms with Crippen LogP contribution in [0.25, 0.3) is 0 Å². The molecule has 0 fully saturated rings. The lowest BCUT2D eigenvalue weighted by atomic mass is 9.93. The van der Waals surface area contributed by atoms with Gasteiger partial charge in [-0.15, -0.1) is 0 Å². The van der Waals surface area contributed by atoms with Crippen LogP contribution >= 0.6 is 0 Å². The predicted octanol–water partition coefficient (Wildman–Crippen LogP) is 4.96. The van der Waals surface area contributed by atoms with Crippen LogP contribution in [0.3, 0.4) is 0 Å². The highest BCUT2D eigenvalue weighted by Gasteiger charge is 2.93. The van der Waals surface area contributed by atoms with E-state index in [1.165, 1.54) is 0 Å². The summed E-state index contributed by atoms with van der Waals surface area (Å²) in [6, 6.07) is 0. The summed E-state index contributed by atoms with van der Waals surface area (Å²) in [6.07, 6.45) is -14.8. The number of alkyl halides is 15. The Morgan fingerprint density at radius 2 is 0.708 bits per heavy atom. The maximum atomic E-state index is 13.1. The third kappa shape index (κ3) is 2.65. The van der Waals surface area contributed by atoms with Gasteiger partial charge in [0.25, 0.3) is 0 Å². The molecule has 1 unspecified atom stereocenters. The average Bonchev–Trinajstić information content (AvgIpc) is 2.33. The van der Waals surface area contributed by atoms with Crippen LogP contribution in [0.4, 0.5) is 65.9 Å². The van der Waals surface area contributed by atoms with Crippen LogP contribution in [0.1, 0.15) is 0 Å². The van der Waals surface area contributed by atoms with Crippen LogP contribution in [0.5, 0.6) is 0 Å². The third-order valence-electron chi connectivity index (χ3n) is 2.59. The van der Waals surface area contributed by atoms with E-state index in [0.717, 1.165) is 0 Å². The molecule has 1 atom stereocenters. The van der Waals surface area contributed by atoms with Gasteiger partial charge in [0.1, 0.15) is 0 Å². The van der Waals surface area contributed by atoms with Gasteiger partial charge in [0, 0.05) is 7.11 Å². The molecule has 0 saturated heterocycles. The number of ether oxygens (including phenoxy) is 1.